The molecule has 0 saturated heterocycles. The zero-order chi connectivity index (χ0) is 32.4. The molecule has 0 heterocycles. The molecule has 1 aromatic rings. The first-order valence-corrected chi connectivity index (χ1v) is 17.4. The van der Waals surface area contributed by atoms with E-state index < -0.39 is 6.15 Å². The third-order valence-electron chi connectivity index (χ3n) is 9.55. The largest absolute Gasteiger partial charge is 0.354 e. The topological polar surface area (TPSA) is 42.7 Å². The summed E-state index contributed by atoms with van der Waals surface area (Å²) in [6.45, 7) is 14.6. The zero-order valence-electron chi connectivity index (χ0n) is 29.4. The summed E-state index contributed by atoms with van der Waals surface area (Å²) in [4.78, 5) is 7.16. The van der Waals surface area contributed by atoms with Crippen LogP contribution in [-0.4, -0.2) is 67.8 Å². The van der Waals surface area contributed by atoms with Crippen molar-refractivity contribution in [1.29, 1.82) is 0 Å². The van der Waals surface area contributed by atoms with Gasteiger partial charge < -0.3 is 5.32 Å². The molecule has 244 valence electrons. The number of guanidine groups is 2. The second-order valence-electron chi connectivity index (χ2n) is 13.1. The first kappa shape index (κ1) is 37.2. The molecule has 3 rings (SSSR count). The molecule has 2 aliphatic rings. The summed E-state index contributed by atoms with van der Waals surface area (Å²) in [6.07, 6.45) is 24.1. The number of hydrogen-bond acceptors (Lipinski definition) is 1. The standard InChI is InChI=1S/C20H28B.C18H35N5/c1-6-11-17-21(18(7-2)8-3,19(9-4)10-5)20-15-13-12-14-16-20;1-22(2)18(23(3)4)21-17(19-15-11-7-5-8-12-15)20-16-13-9-6-10-14-16/h7-10,12-16H,2,4,6,11,17H2,1,3,5H3;15-16H,5-14H2,1-4H3,(H,19,20)/q-1;/p+1/b18-8+,19-10+;. The van der Waals surface area contributed by atoms with Crippen LogP contribution in [0.1, 0.15) is 97.8 Å². The number of benzene rings is 1. The van der Waals surface area contributed by atoms with Crippen LogP contribution in [0.4, 0.5) is 0 Å². The highest BCUT2D eigenvalue weighted by Gasteiger charge is 2.29. The highest BCUT2D eigenvalue weighted by Crippen LogP contribution is 2.31. The van der Waals surface area contributed by atoms with E-state index in [1.165, 1.54) is 93.5 Å². The van der Waals surface area contributed by atoms with E-state index in [0.29, 0.717) is 12.1 Å². The molecule has 2 N–H and O–H groups in total. The van der Waals surface area contributed by atoms with Gasteiger partial charge in [-0.2, -0.15) is 11.8 Å². The summed E-state index contributed by atoms with van der Waals surface area (Å²) >= 11 is 0. The summed E-state index contributed by atoms with van der Waals surface area (Å²) in [5, 5.41) is 7.26. The van der Waals surface area contributed by atoms with Crippen molar-refractivity contribution in [3.8, 4) is 0 Å². The second-order valence-corrected chi connectivity index (χ2v) is 13.1. The lowest BCUT2D eigenvalue weighted by atomic mass is 9.13. The molecule has 2 aliphatic carbocycles. The third-order valence-corrected chi connectivity index (χ3v) is 9.55. The van der Waals surface area contributed by atoms with Gasteiger partial charge in [0.05, 0.1) is 40.4 Å². The van der Waals surface area contributed by atoms with Gasteiger partial charge in [0.2, 0.25) is 0 Å². The van der Waals surface area contributed by atoms with Crippen molar-refractivity contribution < 1.29 is 4.58 Å². The molecule has 0 amide bonds. The Bertz CT molecular complexity index is 1090. The third kappa shape index (κ3) is 10.9. The molecule has 0 unspecified atom stereocenters. The maximum atomic E-state index is 5.05. The minimum Gasteiger partial charge on any atom is -0.340 e. The lowest BCUT2D eigenvalue weighted by Crippen LogP contribution is -2.52. The van der Waals surface area contributed by atoms with E-state index in [1.807, 2.05) is 12.2 Å². The molecule has 0 radical (unpaired) electrons. The van der Waals surface area contributed by atoms with Crippen LogP contribution in [0.25, 0.3) is 0 Å². The van der Waals surface area contributed by atoms with Crippen LogP contribution >= 0.6 is 0 Å². The Morgan fingerprint density at radius 1 is 0.909 bits per heavy atom. The zero-order valence-corrected chi connectivity index (χ0v) is 29.4. The first-order valence-electron chi connectivity index (χ1n) is 17.4. The van der Waals surface area contributed by atoms with Crippen molar-refractivity contribution in [3.63, 3.8) is 0 Å². The molecule has 0 aliphatic heterocycles. The van der Waals surface area contributed by atoms with Crippen LogP contribution < -0.4 is 16.1 Å². The van der Waals surface area contributed by atoms with E-state index in [9.17, 15) is 0 Å². The van der Waals surface area contributed by atoms with Crippen LogP contribution in [0.15, 0.2) is 83.7 Å². The molecule has 2 fully saturated rings. The number of allylic oxidation sites excluding steroid dienone is 6. The average molecular weight is 602 g/mol. The molecule has 6 heteroatoms. The Morgan fingerprint density at radius 3 is 1.91 bits per heavy atom. The molecule has 0 bridgehead atoms. The first-order chi connectivity index (χ1) is 21.3. The lowest BCUT2D eigenvalue weighted by molar-refractivity contribution is -0.471. The van der Waals surface area contributed by atoms with Gasteiger partial charge in [-0.15, -0.1) is 37.5 Å². The molecule has 5 nitrogen and oxygen atoms in total. The summed E-state index contributed by atoms with van der Waals surface area (Å²) in [5.74, 6) is 2.05. The molecule has 0 spiro atoms. The van der Waals surface area contributed by atoms with Gasteiger partial charge in [-0.3, -0.25) is 9.48 Å². The fourth-order valence-electron chi connectivity index (χ4n) is 7.24. The highest BCUT2D eigenvalue weighted by molar-refractivity contribution is 7.04. The number of nitrogens with one attached hydrogen (secondary N) is 2. The normalized spacial score (nSPS) is 18.3. The van der Waals surface area contributed by atoms with E-state index in [-0.39, 0.29) is 0 Å². The number of unbranched alkanes of at least 4 members (excludes halogenated alkanes) is 1. The molecule has 0 aromatic heterocycles. The maximum Gasteiger partial charge on any atom is 0.354 e. The van der Waals surface area contributed by atoms with E-state index in [1.54, 1.807) is 0 Å². The Labute approximate surface area is 271 Å². The van der Waals surface area contributed by atoms with Crippen LogP contribution in [0, 0.1) is 0 Å². The SMILES string of the molecule is C=C/C(=C\C)[B-](CCCC)(/C(C=C)=C/C)c1ccccc1.CN(C)C(NC(=NC1CCCCC1)NC1CCCCC1)=[N+](C)C. The predicted molar refractivity (Wildman–Crippen MR) is 198 cm³/mol. The molecular formula is C38H64BN5. The van der Waals surface area contributed by atoms with Crippen molar-refractivity contribution >= 4 is 23.5 Å². The number of rotatable bonds is 10. The smallest absolute Gasteiger partial charge is 0.340 e. The lowest BCUT2D eigenvalue weighted by Gasteiger charge is -2.45. The maximum absolute atomic E-state index is 5.05. The average Bonchev–Trinajstić information content (AvgIpc) is 3.04. The Morgan fingerprint density at radius 2 is 1.45 bits per heavy atom. The Hall–Kier alpha value is -3.02. The molecule has 1 aromatic carbocycles. The fraction of sp³-hybridized carbons (Fsp3) is 0.579. The van der Waals surface area contributed by atoms with Crippen LogP contribution in [0.2, 0.25) is 6.32 Å². The van der Waals surface area contributed by atoms with E-state index >= 15 is 0 Å². The van der Waals surface area contributed by atoms with Crippen LogP contribution in [0.3, 0.4) is 0 Å². The second kappa shape index (κ2) is 20.1. The van der Waals surface area contributed by atoms with Gasteiger partial charge in [0, 0.05) is 6.04 Å². The van der Waals surface area contributed by atoms with E-state index in [2.05, 4.69) is 125 Å². The molecule has 2 saturated carbocycles. The van der Waals surface area contributed by atoms with E-state index in [4.69, 9.17) is 4.99 Å². The van der Waals surface area contributed by atoms with Gasteiger partial charge in [0.1, 0.15) is 0 Å². The number of aliphatic imine (C=N–C) groups is 1. The van der Waals surface area contributed by atoms with Crippen molar-refractivity contribution in [2.45, 2.75) is 116 Å². The quantitative estimate of drug-likeness (QED) is 0.0944. The summed E-state index contributed by atoms with van der Waals surface area (Å²) < 4.78 is 2.11. The fourth-order valence-corrected chi connectivity index (χ4v) is 7.24. The summed E-state index contributed by atoms with van der Waals surface area (Å²) in [5.41, 5.74) is 4.03. The van der Waals surface area contributed by atoms with Gasteiger partial charge in [-0.05, 0) is 39.5 Å². The van der Waals surface area contributed by atoms with Crippen molar-refractivity contribution in [3.05, 3.63) is 78.7 Å². The molecule has 44 heavy (non-hydrogen) atoms. The summed E-state index contributed by atoms with van der Waals surface area (Å²) in [6, 6.07) is 11.9. The van der Waals surface area contributed by atoms with Crippen LogP contribution in [-0.2, 0) is 0 Å². The molecular weight excluding hydrogens is 537 g/mol. The predicted octanol–water partition coefficient (Wildman–Crippen LogP) is 7.86. The Kier molecular flexibility index (Phi) is 17.0. The highest BCUT2D eigenvalue weighted by atomic mass is 15.4. The van der Waals surface area contributed by atoms with Crippen molar-refractivity contribution in [2.24, 2.45) is 4.99 Å². The van der Waals surface area contributed by atoms with Crippen LogP contribution in [0.5, 0.6) is 0 Å². The Balaban J connectivity index is 0.000000308. The monoisotopic (exact) mass is 602 g/mol. The summed E-state index contributed by atoms with van der Waals surface area (Å²) in [7, 11) is 8.28. The van der Waals surface area contributed by atoms with Gasteiger partial charge >= 0.3 is 5.96 Å². The van der Waals surface area contributed by atoms with Crippen molar-refractivity contribution in [2.75, 3.05) is 28.2 Å². The van der Waals surface area contributed by atoms with Gasteiger partial charge in [0.15, 0.2) is 0 Å². The molecule has 0 atom stereocenters. The van der Waals surface area contributed by atoms with Gasteiger partial charge in [0.25, 0.3) is 5.96 Å². The van der Waals surface area contributed by atoms with Gasteiger partial charge in [-0.1, -0.05) is 88.6 Å². The minimum atomic E-state index is -0.958. The number of nitrogens with zero attached hydrogens (tertiary/aromatic N) is 3. The van der Waals surface area contributed by atoms with E-state index in [0.717, 1.165) is 18.2 Å². The van der Waals surface area contributed by atoms with Gasteiger partial charge in [-0.25, -0.2) is 21.3 Å². The minimum absolute atomic E-state index is 0.480. The number of hydrogen-bond donors (Lipinski definition) is 2. The van der Waals surface area contributed by atoms with Crippen molar-refractivity contribution in [1.82, 2.24) is 15.5 Å².